The third-order valence-corrected chi connectivity index (χ3v) is 6.33. The summed E-state index contributed by atoms with van der Waals surface area (Å²) in [6.45, 7) is 2.43. The first-order valence-electron chi connectivity index (χ1n) is 10.7. The molecule has 1 aromatic rings. The summed E-state index contributed by atoms with van der Waals surface area (Å²) in [4.78, 5) is 26.9. The Hall–Kier alpha value is -2.16. The van der Waals surface area contributed by atoms with Crippen LogP contribution in [-0.4, -0.2) is 80.1 Å². The number of ether oxygens (including phenoxy) is 3. The summed E-state index contributed by atoms with van der Waals surface area (Å²) in [5.41, 5.74) is 1.07. The van der Waals surface area contributed by atoms with Crippen LogP contribution in [0.25, 0.3) is 0 Å². The Morgan fingerprint density at radius 2 is 1.87 bits per heavy atom. The van der Waals surface area contributed by atoms with Crippen molar-refractivity contribution in [1.29, 1.82) is 0 Å². The number of hydrogen-bond donors (Lipinski definition) is 2. The lowest BCUT2D eigenvalue weighted by atomic mass is 9.93. The van der Waals surface area contributed by atoms with Gasteiger partial charge in [0.05, 0.1) is 19.1 Å². The van der Waals surface area contributed by atoms with E-state index in [0.717, 1.165) is 24.2 Å². The zero-order valence-electron chi connectivity index (χ0n) is 17.3. The molecule has 8 heteroatoms. The van der Waals surface area contributed by atoms with Gasteiger partial charge < -0.3 is 29.5 Å². The fourth-order valence-corrected chi connectivity index (χ4v) is 4.38. The maximum atomic E-state index is 12.6. The topological polar surface area (TPSA) is 97.3 Å². The number of rotatable bonds is 6. The minimum absolute atomic E-state index is 0.00505. The molecular formula is C22H30N2O6. The minimum Gasteiger partial charge on any atom is -0.497 e. The van der Waals surface area contributed by atoms with Gasteiger partial charge in [0.2, 0.25) is 5.91 Å². The van der Waals surface area contributed by atoms with Crippen molar-refractivity contribution in [3.05, 3.63) is 29.8 Å². The molecule has 0 spiro atoms. The molecule has 3 fully saturated rings. The van der Waals surface area contributed by atoms with Crippen molar-refractivity contribution in [2.24, 2.45) is 11.8 Å². The van der Waals surface area contributed by atoms with Crippen molar-refractivity contribution in [3.63, 3.8) is 0 Å². The largest absolute Gasteiger partial charge is 0.497 e. The highest BCUT2D eigenvalue weighted by atomic mass is 16.6. The first-order valence-corrected chi connectivity index (χ1v) is 10.7. The predicted octanol–water partition coefficient (Wildman–Crippen LogP) is 0.367. The number of likely N-dealkylation sites (tertiary alicyclic amines) is 1. The highest BCUT2D eigenvalue weighted by molar-refractivity contribution is 5.83. The number of esters is 1. The second-order valence-electron chi connectivity index (χ2n) is 8.36. The zero-order valence-corrected chi connectivity index (χ0v) is 17.3. The van der Waals surface area contributed by atoms with E-state index in [-0.39, 0.29) is 29.8 Å². The van der Waals surface area contributed by atoms with Crippen LogP contribution in [0.2, 0.25) is 0 Å². The van der Waals surface area contributed by atoms with Crippen LogP contribution < -0.4 is 10.1 Å². The van der Waals surface area contributed by atoms with Gasteiger partial charge in [-0.25, -0.2) is 0 Å². The number of hydrogen-bond acceptors (Lipinski definition) is 7. The number of nitrogens with one attached hydrogen (secondary N) is 1. The molecule has 1 amide bonds. The monoisotopic (exact) mass is 418 g/mol. The molecular weight excluding hydrogens is 388 g/mol. The molecule has 0 aliphatic carbocycles. The molecule has 3 aliphatic rings. The number of methoxy groups -OCH3 is 1. The highest BCUT2D eigenvalue weighted by Crippen LogP contribution is 2.26. The van der Waals surface area contributed by atoms with E-state index in [2.05, 4.69) is 5.32 Å². The van der Waals surface area contributed by atoms with Crippen LogP contribution in [-0.2, 0) is 25.5 Å². The van der Waals surface area contributed by atoms with E-state index in [1.165, 1.54) is 0 Å². The van der Waals surface area contributed by atoms with Crippen molar-refractivity contribution < 1.29 is 28.9 Å². The van der Waals surface area contributed by atoms with Crippen molar-refractivity contribution in [2.45, 2.75) is 37.5 Å². The number of nitrogens with zero attached hydrogens (tertiary/aromatic N) is 1. The molecule has 3 atom stereocenters. The molecule has 8 nitrogen and oxygen atoms in total. The van der Waals surface area contributed by atoms with Crippen molar-refractivity contribution in [2.75, 3.05) is 40.0 Å². The SMILES string of the molecule is COc1ccc(C[C@H]2NC[C@H](O)[C@H]2OC(=O)C2CN(C(=O)C3CCOCC3)C2)cc1. The number of amides is 1. The van der Waals surface area contributed by atoms with Gasteiger partial charge in [-0.1, -0.05) is 12.1 Å². The van der Waals surface area contributed by atoms with Crippen LogP contribution in [0.5, 0.6) is 5.75 Å². The molecule has 2 N–H and O–H groups in total. The van der Waals surface area contributed by atoms with Gasteiger partial charge in [-0.15, -0.1) is 0 Å². The van der Waals surface area contributed by atoms with Crippen LogP contribution in [0.1, 0.15) is 18.4 Å². The van der Waals surface area contributed by atoms with Gasteiger partial charge in [0.25, 0.3) is 0 Å². The Morgan fingerprint density at radius 1 is 1.17 bits per heavy atom. The Morgan fingerprint density at radius 3 is 2.53 bits per heavy atom. The molecule has 4 rings (SSSR count). The van der Waals surface area contributed by atoms with E-state index in [1.807, 2.05) is 24.3 Å². The number of benzene rings is 1. The van der Waals surface area contributed by atoms with Gasteiger partial charge >= 0.3 is 5.97 Å². The molecule has 1 aromatic carbocycles. The second kappa shape index (κ2) is 9.32. The van der Waals surface area contributed by atoms with Gasteiger partial charge in [0.1, 0.15) is 18.0 Å². The quantitative estimate of drug-likeness (QED) is 0.644. The van der Waals surface area contributed by atoms with Crippen LogP contribution in [0.3, 0.4) is 0 Å². The summed E-state index contributed by atoms with van der Waals surface area (Å²) < 4.78 is 16.2. The molecule has 0 saturated carbocycles. The van der Waals surface area contributed by atoms with E-state index in [0.29, 0.717) is 39.3 Å². The van der Waals surface area contributed by atoms with Gasteiger partial charge in [0, 0.05) is 38.8 Å². The van der Waals surface area contributed by atoms with E-state index in [9.17, 15) is 14.7 Å². The predicted molar refractivity (Wildman–Crippen MR) is 108 cm³/mol. The maximum absolute atomic E-state index is 12.6. The maximum Gasteiger partial charge on any atom is 0.312 e. The number of β-amino-alcohol motifs (C(OH)–C–C–N with tert-alkyl or cyclic N) is 1. The molecule has 3 aliphatic heterocycles. The van der Waals surface area contributed by atoms with Gasteiger partial charge in [-0.05, 0) is 37.0 Å². The molecule has 0 bridgehead atoms. The van der Waals surface area contributed by atoms with Crippen LogP contribution in [0.4, 0.5) is 0 Å². The minimum atomic E-state index is -0.739. The fourth-order valence-electron chi connectivity index (χ4n) is 4.38. The summed E-state index contributed by atoms with van der Waals surface area (Å²) in [5, 5.41) is 13.6. The number of carbonyl (C=O) groups is 2. The lowest BCUT2D eigenvalue weighted by Crippen LogP contribution is -2.56. The third-order valence-electron chi connectivity index (χ3n) is 6.33. The molecule has 0 aromatic heterocycles. The first-order chi connectivity index (χ1) is 14.5. The van der Waals surface area contributed by atoms with Gasteiger partial charge in [-0.2, -0.15) is 0 Å². The summed E-state index contributed by atoms with van der Waals surface area (Å²) in [6, 6.07) is 7.56. The number of carbonyl (C=O) groups excluding carboxylic acids is 2. The molecule has 3 heterocycles. The normalized spacial score (nSPS) is 27.5. The van der Waals surface area contributed by atoms with Gasteiger partial charge in [0.15, 0.2) is 0 Å². The Balaban J connectivity index is 1.28. The van der Waals surface area contributed by atoms with Gasteiger partial charge in [-0.3, -0.25) is 9.59 Å². The molecule has 3 saturated heterocycles. The molecule has 0 radical (unpaired) electrons. The Labute approximate surface area is 176 Å². The average Bonchev–Trinajstić information content (AvgIpc) is 3.07. The summed E-state index contributed by atoms with van der Waals surface area (Å²) in [6.07, 6.45) is 0.796. The second-order valence-corrected chi connectivity index (χ2v) is 8.36. The lowest BCUT2D eigenvalue weighted by Gasteiger charge is -2.40. The Kier molecular flexibility index (Phi) is 6.55. The average molecular weight is 418 g/mol. The van der Waals surface area contributed by atoms with E-state index >= 15 is 0 Å². The Bertz CT molecular complexity index is 742. The third kappa shape index (κ3) is 4.61. The van der Waals surface area contributed by atoms with Crippen molar-refractivity contribution in [3.8, 4) is 5.75 Å². The van der Waals surface area contributed by atoms with E-state index < -0.39 is 12.2 Å². The van der Waals surface area contributed by atoms with Crippen LogP contribution >= 0.6 is 0 Å². The highest BCUT2D eigenvalue weighted by Gasteiger charge is 2.43. The van der Waals surface area contributed by atoms with Crippen molar-refractivity contribution >= 4 is 11.9 Å². The molecule has 164 valence electrons. The number of aliphatic hydroxyl groups is 1. The zero-order chi connectivity index (χ0) is 21.1. The smallest absolute Gasteiger partial charge is 0.312 e. The summed E-state index contributed by atoms with van der Waals surface area (Å²) in [5.74, 6) is 0.250. The fraction of sp³-hybridized carbons (Fsp3) is 0.636. The van der Waals surface area contributed by atoms with Crippen LogP contribution in [0, 0.1) is 11.8 Å². The summed E-state index contributed by atoms with van der Waals surface area (Å²) >= 11 is 0. The first kappa shape index (κ1) is 21.1. The number of aliphatic hydroxyl groups excluding tert-OH is 1. The van der Waals surface area contributed by atoms with Crippen molar-refractivity contribution in [1.82, 2.24) is 10.2 Å². The van der Waals surface area contributed by atoms with Crippen LogP contribution in [0.15, 0.2) is 24.3 Å². The standard InChI is InChI=1S/C22H30N2O6/c1-28-17-4-2-14(3-5-17)10-18-20(19(25)11-23-18)30-22(27)16-12-24(13-16)21(26)15-6-8-29-9-7-15/h2-5,15-16,18-20,23,25H,6-13H2,1H3/t18-,19+,20+/m1/s1. The summed E-state index contributed by atoms with van der Waals surface area (Å²) in [7, 11) is 1.62. The lowest BCUT2D eigenvalue weighted by molar-refractivity contribution is -0.168. The van der Waals surface area contributed by atoms with E-state index in [4.69, 9.17) is 14.2 Å². The van der Waals surface area contributed by atoms with E-state index in [1.54, 1.807) is 12.0 Å². The molecule has 0 unspecified atom stereocenters. The molecule has 30 heavy (non-hydrogen) atoms.